The number of rotatable bonds is 4. The first-order chi connectivity index (χ1) is 12.3. The summed E-state index contributed by atoms with van der Waals surface area (Å²) in [6.07, 6.45) is 3.84. The molecule has 1 aliphatic rings. The molecule has 1 fully saturated rings. The maximum atomic E-state index is 12.0. The zero-order valence-electron chi connectivity index (χ0n) is 13.6. The van der Waals surface area contributed by atoms with E-state index >= 15 is 0 Å². The summed E-state index contributed by atoms with van der Waals surface area (Å²) in [6, 6.07) is 12.9. The molecule has 2 aromatic heterocycles. The molecule has 0 atom stereocenters. The van der Waals surface area contributed by atoms with E-state index in [1.54, 1.807) is 0 Å². The third kappa shape index (κ3) is 3.35. The highest BCUT2D eigenvalue weighted by Crippen LogP contribution is 2.23. The molecule has 0 unspecified atom stereocenters. The van der Waals surface area contributed by atoms with Crippen LogP contribution in [0.5, 0.6) is 0 Å². The molecule has 0 spiro atoms. The Morgan fingerprint density at radius 2 is 1.96 bits per heavy atom. The van der Waals surface area contributed by atoms with Gasteiger partial charge in [-0.15, -0.1) is 10.2 Å². The van der Waals surface area contributed by atoms with Crippen LogP contribution in [0.3, 0.4) is 0 Å². The molecule has 7 nitrogen and oxygen atoms in total. The van der Waals surface area contributed by atoms with E-state index < -0.39 is 0 Å². The summed E-state index contributed by atoms with van der Waals surface area (Å²) in [5, 5.41) is 15.0. The number of hydrogen-bond acceptors (Lipinski definition) is 6. The summed E-state index contributed by atoms with van der Waals surface area (Å²) >= 11 is 0. The largest absolute Gasteiger partial charge is 0.355 e. The topological polar surface area (TPSA) is 84.2 Å². The van der Waals surface area contributed by atoms with Gasteiger partial charge < -0.3 is 14.7 Å². The molecule has 3 aromatic rings. The fraction of sp³-hybridized carbons (Fsp3) is 0.222. The summed E-state index contributed by atoms with van der Waals surface area (Å²) in [4.78, 5) is 14.3. The molecule has 25 heavy (non-hydrogen) atoms. The normalized spacial score (nSPS) is 13.8. The van der Waals surface area contributed by atoms with E-state index in [1.807, 2.05) is 36.4 Å². The highest BCUT2D eigenvalue weighted by Gasteiger charge is 2.14. The second-order valence-corrected chi connectivity index (χ2v) is 5.88. The summed E-state index contributed by atoms with van der Waals surface area (Å²) in [7, 11) is 0. The molecule has 1 aliphatic heterocycles. The summed E-state index contributed by atoms with van der Waals surface area (Å²) in [6.45, 7) is 2.08. The van der Waals surface area contributed by atoms with Crippen molar-refractivity contribution in [2.45, 2.75) is 12.8 Å². The lowest BCUT2D eigenvalue weighted by Crippen LogP contribution is -2.19. The Morgan fingerprint density at radius 3 is 2.68 bits per heavy atom. The van der Waals surface area contributed by atoms with E-state index in [0.29, 0.717) is 5.69 Å². The van der Waals surface area contributed by atoms with Crippen LogP contribution in [0.2, 0.25) is 0 Å². The summed E-state index contributed by atoms with van der Waals surface area (Å²) in [5.74, 6) is 0.737. The molecule has 1 saturated heterocycles. The van der Waals surface area contributed by atoms with Gasteiger partial charge in [-0.3, -0.25) is 4.79 Å². The smallest absolute Gasteiger partial charge is 0.294 e. The van der Waals surface area contributed by atoms with Crippen molar-refractivity contribution in [3.8, 4) is 11.3 Å². The van der Waals surface area contributed by atoms with Crippen LogP contribution in [0, 0.1) is 0 Å². The molecule has 3 heterocycles. The van der Waals surface area contributed by atoms with Gasteiger partial charge in [-0.25, -0.2) is 0 Å². The summed E-state index contributed by atoms with van der Waals surface area (Å²) in [5.41, 5.74) is 2.30. The van der Waals surface area contributed by atoms with Gasteiger partial charge in [0.2, 0.25) is 5.76 Å². The number of nitrogens with one attached hydrogen (secondary N) is 1. The second kappa shape index (κ2) is 6.72. The quantitative estimate of drug-likeness (QED) is 0.789. The van der Waals surface area contributed by atoms with Gasteiger partial charge in [0, 0.05) is 30.4 Å². The van der Waals surface area contributed by atoms with E-state index in [4.69, 9.17) is 4.52 Å². The highest BCUT2D eigenvalue weighted by atomic mass is 16.5. The van der Waals surface area contributed by atoms with Crippen LogP contribution in [0.25, 0.3) is 11.3 Å². The van der Waals surface area contributed by atoms with Crippen LogP contribution >= 0.6 is 0 Å². The number of aromatic nitrogens is 3. The molecule has 1 N–H and O–H groups in total. The molecule has 1 aromatic carbocycles. The van der Waals surface area contributed by atoms with Crippen molar-refractivity contribution in [1.82, 2.24) is 15.4 Å². The molecule has 0 radical (unpaired) electrons. The molecule has 7 heteroatoms. The number of hydrogen-bond donors (Lipinski definition) is 1. The molecular formula is C18H17N5O2. The second-order valence-electron chi connectivity index (χ2n) is 5.88. The van der Waals surface area contributed by atoms with Crippen LogP contribution in [0.4, 0.5) is 11.5 Å². The standard InChI is InChI=1S/C18H17N5O2/c24-18(16-8-9-19-25-16)20-14-5-3-4-13(12-14)15-6-7-17(22-21-15)23-10-1-2-11-23/h3-9,12H,1-2,10-11H2,(H,20,24). The number of carbonyl (C=O) groups excluding carboxylic acids is 1. The van der Waals surface area contributed by atoms with Crippen molar-refractivity contribution in [2.75, 3.05) is 23.3 Å². The maximum Gasteiger partial charge on any atom is 0.294 e. The maximum absolute atomic E-state index is 12.0. The van der Waals surface area contributed by atoms with Gasteiger partial charge in [-0.05, 0) is 37.1 Å². The minimum atomic E-state index is -0.342. The Hall–Kier alpha value is -3.22. The van der Waals surface area contributed by atoms with Crippen LogP contribution in [0.15, 0.2) is 53.2 Å². The van der Waals surface area contributed by atoms with E-state index in [-0.39, 0.29) is 11.7 Å². The van der Waals surface area contributed by atoms with Crippen molar-refractivity contribution in [3.63, 3.8) is 0 Å². The third-order valence-electron chi connectivity index (χ3n) is 4.16. The first-order valence-electron chi connectivity index (χ1n) is 8.21. The minimum absolute atomic E-state index is 0.167. The Kier molecular flexibility index (Phi) is 4.12. The van der Waals surface area contributed by atoms with Crippen LogP contribution in [-0.2, 0) is 0 Å². The number of carbonyl (C=O) groups is 1. The van der Waals surface area contributed by atoms with Gasteiger partial charge in [0.15, 0.2) is 5.82 Å². The van der Waals surface area contributed by atoms with Crippen molar-refractivity contribution >= 4 is 17.4 Å². The Balaban J connectivity index is 1.51. The van der Waals surface area contributed by atoms with E-state index in [2.05, 4.69) is 25.6 Å². The van der Waals surface area contributed by atoms with Crippen LogP contribution in [-0.4, -0.2) is 34.4 Å². The molecular weight excluding hydrogens is 318 g/mol. The van der Waals surface area contributed by atoms with E-state index in [0.717, 1.165) is 30.2 Å². The van der Waals surface area contributed by atoms with Gasteiger partial charge in [0.25, 0.3) is 5.91 Å². The lowest BCUT2D eigenvalue weighted by atomic mass is 10.1. The van der Waals surface area contributed by atoms with Crippen molar-refractivity contribution in [3.05, 3.63) is 54.4 Å². The predicted octanol–water partition coefficient (Wildman–Crippen LogP) is 2.98. The van der Waals surface area contributed by atoms with Crippen LogP contribution in [0.1, 0.15) is 23.4 Å². The molecule has 126 valence electrons. The molecule has 1 amide bonds. The predicted molar refractivity (Wildman–Crippen MR) is 93.4 cm³/mol. The highest BCUT2D eigenvalue weighted by molar-refractivity contribution is 6.02. The van der Waals surface area contributed by atoms with Crippen LogP contribution < -0.4 is 10.2 Å². The lowest BCUT2D eigenvalue weighted by molar-refractivity contribution is 0.0988. The molecule has 4 rings (SSSR count). The SMILES string of the molecule is O=C(Nc1cccc(-c2ccc(N3CCCC3)nn2)c1)c1ccno1. The minimum Gasteiger partial charge on any atom is -0.355 e. The van der Waals surface area contributed by atoms with Gasteiger partial charge in [0.1, 0.15) is 0 Å². The average Bonchev–Trinajstić information content (AvgIpc) is 3.36. The molecule has 0 saturated carbocycles. The number of amides is 1. The van der Waals surface area contributed by atoms with Crippen molar-refractivity contribution in [2.24, 2.45) is 0 Å². The molecule has 0 bridgehead atoms. The fourth-order valence-electron chi connectivity index (χ4n) is 2.88. The van der Waals surface area contributed by atoms with Crippen molar-refractivity contribution in [1.29, 1.82) is 0 Å². The first kappa shape index (κ1) is 15.3. The lowest BCUT2D eigenvalue weighted by Gasteiger charge is -2.15. The third-order valence-corrected chi connectivity index (χ3v) is 4.16. The average molecular weight is 335 g/mol. The zero-order valence-corrected chi connectivity index (χ0v) is 13.6. The fourth-order valence-corrected chi connectivity index (χ4v) is 2.88. The Morgan fingerprint density at radius 1 is 1.08 bits per heavy atom. The van der Waals surface area contributed by atoms with Gasteiger partial charge in [0.05, 0.1) is 11.9 Å². The monoisotopic (exact) mass is 335 g/mol. The summed E-state index contributed by atoms with van der Waals surface area (Å²) < 4.78 is 4.86. The van der Waals surface area contributed by atoms with Crippen molar-refractivity contribution < 1.29 is 9.32 Å². The number of benzene rings is 1. The Bertz CT molecular complexity index is 855. The number of anilines is 2. The number of nitrogens with zero attached hydrogens (tertiary/aromatic N) is 4. The Labute approximate surface area is 144 Å². The van der Waals surface area contributed by atoms with Gasteiger partial charge in [-0.2, -0.15) is 0 Å². The first-order valence-corrected chi connectivity index (χ1v) is 8.21. The molecule has 0 aliphatic carbocycles. The zero-order chi connectivity index (χ0) is 17.1. The van der Waals surface area contributed by atoms with E-state index in [1.165, 1.54) is 25.1 Å². The van der Waals surface area contributed by atoms with Gasteiger partial charge in [-0.1, -0.05) is 17.3 Å². The van der Waals surface area contributed by atoms with Gasteiger partial charge >= 0.3 is 0 Å². The van der Waals surface area contributed by atoms with E-state index in [9.17, 15) is 4.79 Å².